The summed E-state index contributed by atoms with van der Waals surface area (Å²) >= 11 is 0. The Kier molecular flexibility index (Phi) is 4.73. The molecule has 1 aliphatic heterocycles. The van der Waals surface area contributed by atoms with Crippen molar-refractivity contribution >= 4 is 10.2 Å². The van der Waals surface area contributed by atoms with E-state index in [4.69, 9.17) is 0 Å². The van der Waals surface area contributed by atoms with E-state index in [2.05, 4.69) is 10.0 Å². The molecule has 0 amide bonds. The smallest absolute Gasteiger partial charge is 0.279 e. The van der Waals surface area contributed by atoms with Crippen molar-refractivity contribution in [2.75, 3.05) is 19.6 Å². The Morgan fingerprint density at radius 1 is 1.44 bits per heavy atom. The van der Waals surface area contributed by atoms with Gasteiger partial charge in [-0.3, -0.25) is 0 Å². The summed E-state index contributed by atoms with van der Waals surface area (Å²) in [7, 11) is -3.32. The number of nitrogens with one attached hydrogen (secondary N) is 2. The minimum atomic E-state index is -3.32. The highest BCUT2D eigenvalue weighted by Gasteiger charge is 2.31. The quantitative estimate of drug-likeness (QED) is 0.746. The molecular formula is C10H23N3O2S. The van der Waals surface area contributed by atoms with Crippen LogP contribution in [0, 0.1) is 5.92 Å². The van der Waals surface area contributed by atoms with E-state index in [1.54, 1.807) is 4.31 Å². The van der Waals surface area contributed by atoms with Gasteiger partial charge in [0.15, 0.2) is 0 Å². The van der Waals surface area contributed by atoms with Crippen LogP contribution in [0.25, 0.3) is 0 Å². The van der Waals surface area contributed by atoms with Crippen LogP contribution in [0.15, 0.2) is 0 Å². The van der Waals surface area contributed by atoms with Gasteiger partial charge in [0.2, 0.25) is 0 Å². The van der Waals surface area contributed by atoms with E-state index in [0.29, 0.717) is 25.6 Å². The minimum Gasteiger partial charge on any atom is -0.311 e. The average Bonchev–Trinajstić information content (AvgIpc) is 2.19. The van der Waals surface area contributed by atoms with Crippen LogP contribution >= 0.6 is 0 Å². The van der Waals surface area contributed by atoms with Crippen LogP contribution in [0.5, 0.6) is 0 Å². The monoisotopic (exact) mass is 249 g/mol. The highest BCUT2D eigenvalue weighted by Crippen LogP contribution is 2.11. The Balaban J connectivity index is 2.65. The van der Waals surface area contributed by atoms with E-state index < -0.39 is 10.2 Å². The minimum absolute atomic E-state index is 0.0147. The SMILES string of the molecule is CC(C)CNS(=O)(=O)N1CC(C)NCC1C. The highest BCUT2D eigenvalue weighted by atomic mass is 32.2. The molecule has 0 bridgehead atoms. The Bertz CT molecular complexity index is 316. The van der Waals surface area contributed by atoms with Gasteiger partial charge in [-0.2, -0.15) is 12.7 Å². The first kappa shape index (κ1) is 13.9. The zero-order valence-electron chi connectivity index (χ0n) is 10.5. The maximum absolute atomic E-state index is 12.0. The van der Waals surface area contributed by atoms with Gasteiger partial charge in [-0.15, -0.1) is 0 Å². The van der Waals surface area contributed by atoms with Crippen molar-refractivity contribution in [1.82, 2.24) is 14.3 Å². The molecule has 1 aliphatic rings. The van der Waals surface area contributed by atoms with Crippen molar-refractivity contribution in [2.24, 2.45) is 5.92 Å². The van der Waals surface area contributed by atoms with Crippen LogP contribution in [-0.2, 0) is 10.2 Å². The van der Waals surface area contributed by atoms with E-state index in [9.17, 15) is 8.42 Å². The van der Waals surface area contributed by atoms with E-state index in [1.165, 1.54) is 0 Å². The molecule has 1 rings (SSSR count). The Morgan fingerprint density at radius 3 is 2.62 bits per heavy atom. The molecule has 0 spiro atoms. The fourth-order valence-corrected chi connectivity index (χ4v) is 3.36. The van der Waals surface area contributed by atoms with Crippen LogP contribution in [0.4, 0.5) is 0 Å². The summed E-state index contributed by atoms with van der Waals surface area (Å²) in [5.74, 6) is 0.324. The summed E-state index contributed by atoms with van der Waals surface area (Å²) in [6.07, 6.45) is 0. The number of hydrogen-bond donors (Lipinski definition) is 2. The highest BCUT2D eigenvalue weighted by molar-refractivity contribution is 7.87. The molecule has 0 saturated carbocycles. The van der Waals surface area contributed by atoms with Gasteiger partial charge >= 0.3 is 0 Å². The number of rotatable bonds is 4. The van der Waals surface area contributed by atoms with Crippen molar-refractivity contribution in [2.45, 2.75) is 39.8 Å². The summed E-state index contributed by atoms with van der Waals surface area (Å²) in [5.41, 5.74) is 0. The van der Waals surface area contributed by atoms with Crippen LogP contribution in [0.1, 0.15) is 27.7 Å². The van der Waals surface area contributed by atoms with Gasteiger partial charge in [0, 0.05) is 31.7 Å². The molecule has 2 atom stereocenters. The van der Waals surface area contributed by atoms with E-state index in [0.717, 1.165) is 0 Å². The lowest BCUT2D eigenvalue weighted by molar-refractivity contribution is 0.241. The van der Waals surface area contributed by atoms with Gasteiger partial charge in [-0.05, 0) is 19.8 Å². The molecule has 16 heavy (non-hydrogen) atoms. The molecule has 2 N–H and O–H groups in total. The maximum atomic E-state index is 12.0. The van der Waals surface area contributed by atoms with Crippen LogP contribution in [0.2, 0.25) is 0 Å². The van der Waals surface area contributed by atoms with E-state index >= 15 is 0 Å². The van der Waals surface area contributed by atoms with Crippen LogP contribution in [0.3, 0.4) is 0 Å². The molecule has 0 aromatic carbocycles. The zero-order valence-corrected chi connectivity index (χ0v) is 11.3. The first-order valence-electron chi connectivity index (χ1n) is 5.82. The molecular weight excluding hydrogens is 226 g/mol. The van der Waals surface area contributed by atoms with Crippen molar-refractivity contribution in [3.8, 4) is 0 Å². The van der Waals surface area contributed by atoms with Crippen molar-refractivity contribution in [1.29, 1.82) is 0 Å². The first-order chi connectivity index (χ1) is 7.33. The van der Waals surface area contributed by atoms with E-state index in [-0.39, 0.29) is 12.1 Å². The molecule has 1 heterocycles. The third-order valence-corrected chi connectivity index (χ3v) is 4.35. The molecule has 0 aliphatic carbocycles. The van der Waals surface area contributed by atoms with Crippen LogP contribution in [-0.4, -0.2) is 44.4 Å². The molecule has 1 saturated heterocycles. The molecule has 0 radical (unpaired) electrons. The molecule has 0 aromatic heterocycles. The average molecular weight is 249 g/mol. The van der Waals surface area contributed by atoms with Gasteiger partial charge in [0.25, 0.3) is 10.2 Å². The molecule has 0 aromatic rings. The molecule has 6 heteroatoms. The standard InChI is InChI=1S/C10H23N3O2S/c1-8(2)5-12-16(14,15)13-7-9(3)11-6-10(13)4/h8-12H,5-7H2,1-4H3. The predicted molar refractivity (Wildman–Crippen MR) is 65.4 cm³/mol. The summed E-state index contributed by atoms with van der Waals surface area (Å²) < 4.78 is 28.3. The van der Waals surface area contributed by atoms with Gasteiger partial charge in [-0.1, -0.05) is 13.8 Å². The molecule has 2 unspecified atom stereocenters. The summed E-state index contributed by atoms with van der Waals surface area (Å²) in [6.45, 7) is 9.65. The lowest BCUT2D eigenvalue weighted by atomic mass is 10.2. The summed E-state index contributed by atoms with van der Waals surface area (Å²) in [5, 5.41) is 3.26. The number of hydrogen-bond acceptors (Lipinski definition) is 3. The van der Waals surface area contributed by atoms with Gasteiger partial charge < -0.3 is 5.32 Å². The Hall–Kier alpha value is -0.170. The van der Waals surface area contributed by atoms with Gasteiger partial charge in [-0.25, -0.2) is 4.72 Å². The third kappa shape index (κ3) is 3.69. The zero-order chi connectivity index (χ0) is 12.3. The normalized spacial score (nSPS) is 28.6. The number of piperazine rings is 1. The van der Waals surface area contributed by atoms with Crippen molar-refractivity contribution in [3.05, 3.63) is 0 Å². The summed E-state index contributed by atoms with van der Waals surface area (Å²) in [4.78, 5) is 0. The van der Waals surface area contributed by atoms with Crippen LogP contribution < -0.4 is 10.0 Å². The van der Waals surface area contributed by atoms with E-state index in [1.807, 2.05) is 27.7 Å². The van der Waals surface area contributed by atoms with Gasteiger partial charge in [0.1, 0.15) is 0 Å². The second kappa shape index (κ2) is 5.44. The summed E-state index contributed by atoms with van der Waals surface area (Å²) in [6, 6.07) is 0.229. The van der Waals surface area contributed by atoms with Crippen molar-refractivity contribution in [3.63, 3.8) is 0 Å². The molecule has 5 nitrogen and oxygen atoms in total. The Morgan fingerprint density at radius 2 is 2.06 bits per heavy atom. The fourth-order valence-electron chi connectivity index (χ4n) is 1.68. The fraction of sp³-hybridized carbons (Fsp3) is 1.00. The Labute approximate surface area is 98.8 Å². The van der Waals surface area contributed by atoms with Crippen molar-refractivity contribution < 1.29 is 8.42 Å². The molecule has 96 valence electrons. The third-order valence-electron chi connectivity index (χ3n) is 2.69. The predicted octanol–water partition coefficient (Wildman–Crippen LogP) is 0.159. The lowest BCUT2D eigenvalue weighted by Gasteiger charge is -2.36. The maximum Gasteiger partial charge on any atom is 0.279 e. The second-order valence-corrected chi connectivity index (χ2v) is 6.68. The lowest BCUT2D eigenvalue weighted by Crippen LogP contribution is -2.58. The molecule has 1 fully saturated rings. The largest absolute Gasteiger partial charge is 0.311 e. The number of nitrogens with zero attached hydrogens (tertiary/aromatic N) is 1. The topological polar surface area (TPSA) is 61.4 Å². The second-order valence-electron chi connectivity index (χ2n) is 4.98. The van der Waals surface area contributed by atoms with Gasteiger partial charge in [0.05, 0.1) is 0 Å². The first-order valence-corrected chi connectivity index (χ1v) is 7.26.